The summed E-state index contributed by atoms with van der Waals surface area (Å²) in [7, 11) is -1.33. The van der Waals surface area contributed by atoms with E-state index in [1.54, 1.807) is 6.92 Å². The van der Waals surface area contributed by atoms with Crippen LogP contribution in [-0.2, 0) is 9.53 Å². The van der Waals surface area contributed by atoms with Crippen LogP contribution in [0.1, 0.15) is 85.9 Å². The Kier molecular flexibility index (Phi) is 12.4. The topological polar surface area (TPSA) is 208 Å². The van der Waals surface area contributed by atoms with Gasteiger partial charge in [-0.15, -0.1) is 0 Å². The molecular formula is C22H49N5O5Si. The minimum Gasteiger partial charge on any atom is -0.479 e. The molecule has 196 valence electrons. The number of nitrogens with zero attached hydrogens (tertiary/aromatic N) is 2. The fourth-order valence-corrected chi connectivity index (χ4v) is 0.285. The maximum Gasteiger partial charge on any atom is 0.212 e. The molecule has 10 nitrogen and oxygen atoms in total. The minimum atomic E-state index is -2.63. The van der Waals surface area contributed by atoms with E-state index >= 15 is 0 Å². The molecular weight excluding hydrogens is 442 g/mol. The smallest absolute Gasteiger partial charge is 0.212 e. The molecule has 0 amide bonds. The van der Waals surface area contributed by atoms with Gasteiger partial charge in [0.15, 0.2) is 8.07 Å². The highest BCUT2D eigenvalue weighted by Crippen LogP contribution is 2.03. The number of carbonyl (C=O) groups is 1. The van der Waals surface area contributed by atoms with Crippen LogP contribution in [-0.4, -0.2) is 64.3 Å². The van der Waals surface area contributed by atoms with E-state index in [0.717, 1.165) is 27.7 Å². The Labute approximate surface area is 219 Å². The van der Waals surface area contributed by atoms with E-state index in [4.69, 9.17) is 53.7 Å². The predicted molar refractivity (Wildman–Crippen MR) is 138 cm³/mol. The monoisotopic (exact) mass is 503 g/mol. The Morgan fingerprint density at radius 2 is 1.45 bits per heavy atom. The highest BCUT2D eigenvalue weighted by molar-refractivity contribution is 6.83. The van der Waals surface area contributed by atoms with E-state index in [1.165, 1.54) is 6.07 Å². The zero-order chi connectivity index (χ0) is 37.6. The number of rotatable bonds is 3. The van der Waals surface area contributed by atoms with Crippen LogP contribution in [0.25, 0.3) is 0 Å². The molecule has 0 saturated heterocycles. The van der Waals surface area contributed by atoms with Gasteiger partial charge in [0.05, 0.1) is 12.7 Å². The van der Waals surface area contributed by atoms with Gasteiger partial charge in [0, 0.05) is 22.1 Å². The zero-order valence-corrected chi connectivity index (χ0v) is 20.8. The molecule has 0 bridgehead atoms. The minimum absolute atomic E-state index is 0. The lowest BCUT2D eigenvalue weighted by molar-refractivity contribution is -0.115. The van der Waals surface area contributed by atoms with Gasteiger partial charge in [-0.3, -0.25) is 10.8 Å². The molecule has 0 heterocycles. The van der Waals surface area contributed by atoms with Crippen molar-refractivity contribution >= 4 is 25.6 Å². The Bertz CT molecular complexity index is 1000. The summed E-state index contributed by atoms with van der Waals surface area (Å²) in [6, 6.07) is 1.27. The van der Waals surface area contributed by atoms with Crippen LogP contribution in [0, 0.1) is 33.1 Å². The van der Waals surface area contributed by atoms with E-state index in [0.29, 0.717) is 0 Å². The van der Waals surface area contributed by atoms with Gasteiger partial charge in [-0.05, 0) is 62.0 Å². The normalized spacial score (nSPS) is 21.2. The van der Waals surface area contributed by atoms with Crippen LogP contribution >= 0.6 is 0 Å². The first-order valence-corrected chi connectivity index (χ1v) is 12.3. The summed E-state index contributed by atoms with van der Waals surface area (Å²) in [5.74, 6) is -2.12. The molecule has 0 fully saturated rings. The molecule has 3 atom stereocenters. The van der Waals surface area contributed by atoms with E-state index in [2.05, 4.69) is 10.4 Å². The maximum absolute atomic E-state index is 9.90. The van der Waals surface area contributed by atoms with Crippen molar-refractivity contribution in [3.63, 3.8) is 0 Å². The van der Waals surface area contributed by atoms with Gasteiger partial charge >= 0.3 is 0 Å². The molecule has 0 aromatic rings. The average Bonchev–Trinajstić information content (AvgIpc) is 2.77. The number of hydrogen-bond donors (Lipinski definition) is 6. The second-order valence-corrected chi connectivity index (χ2v) is 12.1. The van der Waals surface area contributed by atoms with Crippen molar-refractivity contribution < 1.29 is 41.3 Å². The SMILES string of the molecule is C.C[Si](C)(C)C#N.[2H]C([2H])([2H])C(C)(O)C#N.[2H]C([2H])([2H])C(C)(O)C(=N)N.[2H]C([2H])([2H])C(C)(O)C(=N)OCC.[2H]C([2H])([2H])C(C)=O. The summed E-state index contributed by atoms with van der Waals surface area (Å²) in [4.78, 5) is 9.90. The van der Waals surface area contributed by atoms with Crippen molar-refractivity contribution in [2.75, 3.05) is 6.61 Å². The molecule has 0 aliphatic heterocycles. The van der Waals surface area contributed by atoms with Crippen LogP contribution in [0.4, 0.5) is 0 Å². The van der Waals surface area contributed by atoms with E-state index < -0.39 is 69.8 Å². The molecule has 0 aromatic carbocycles. The van der Waals surface area contributed by atoms with E-state index in [-0.39, 0.29) is 14.0 Å². The fraction of sp³-hybridized carbons (Fsp3) is 0.773. The molecule has 0 aliphatic rings. The van der Waals surface area contributed by atoms with Gasteiger partial charge in [-0.2, -0.15) is 5.26 Å². The second kappa shape index (κ2) is 20.3. The number of nitrogens with one attached hydrogen (secondary N) is 2. The van der Waals surface area contributed by atoms with Crippen molar-refractivity contribution in [1.29, 1.82) is 21.3 Å². The zero-order valence-electron chi connectivity index (χ0n) is 31.8. The number of aliphatic hydroxyl groups is 3. The van der Waals surface area contributed by atoms with Gasteiger partial charge in [-0.25, -0.2) is 5.26 Å². The third-order valence-electron chi connectivity index (χ3n) is 1.81. The number of hydrogen-bond acceptors (Lipinski definition) is 9. The van der Waals surface area contributed by atoms with Gasteiger partial charge in [0.25, 0.3) is 0 Å². The van der Waals surface area contributed by atoms with Crippen LogP contribution in [0.5, 0.6) is 0 Å². The Hall–Kier alpha value is -2.31. The van der Waals surface area contributed by atoms with Crippen molar-refractivity contribution in [1.82, 2.24) is 0 Å². The molecule has 0 rings (SSSR count). The van der Waals surface area contributed by atoms with Gasteiger partial charge in [0.2, 0.25) is 5.90 Å². The number of carbonyl (C=O) groups excluding carboxylic acids is 1. The first-order chi connectivity index (χ1) is 18.7. The lowest BCUT2D eigenvalue weighted by Gasteiger charge is -2.17. The Morgan fingerprint density at radius 1 is 1.09 bits per heavy atom. The summed E-state index contributed by atoms with van der Waals surface area (Å²) < 4.78 is 84.4. The van der Waals surface area contributed by atoms with Crippen LogP contribution in [0.2, 0.25) is 19.6 Å². The standard InChI is InChI=1S/C6H13NO2.C4H10N2O.C4H7NO.C4H9NSi.C3H6O.CH4/c1-4-9-5(7)6(2,3)8;1-4(2,7)3(5)6;1-4(2,6)3-5;1-6(2,3)4-5;1-3(2)4;/h7-8H,4H2,1-3H3;7H,1-2H3,(H3,5,6);6H,1-2H3;1-3H3;1-2H3;1H4/i2D3;2*1D3;;1D3;. The number of ether oxygens (including phenoxy) is 1. The van der Waals surface area contributed by atoms with Crippen LogP contribution in [0.3, 0.4) is 0 Å². The largest absolute Gasteiger partial charge is 0.479 e. The quantitative estimate of drug-likeness (QED) is 0.145. The third kappa shape index (κ3) is 65.2. The molecule has 33 heavy (non-hydrogen) atoms. The number of nitrogens with two attached hydrogens (primary N) is 1. The first-order valence-electron chi connectivity index (χ1n) is 14.8. The molecule has 0 saturated carbocycles. The Balaban J connectivity index is -0.000000107. The molecule has 3 unspecified atom stereocenters. The number of amidine groups is 1. The summed E-state index contributed by atoms with van der Waals surface area (Å²) in [6.45, 7) is 1.63. The highest BCUT2D eigenvalue weighted by Gasteiger charge is 2.20. The van der Waals surface area contributed by atoms with Gasteiger partial charge in [-0.1, -0.05) is 27.1 Å². The first kappa shape index (κ1) is 20.1. The second-order valence-electron chi connectivity index (χ2n) is 7.42. The molecule has 11 heteroatoms. The molecule has 7 N–H and O–H groups in total. The molecule has 0 radical (unpaired) electrons. The predicted octanol–water partition coefficient (Wildman–Crippen LogP) is 3.36. The fourth-order valence-electron chi connectivity index (χ4n) is 0.285. The highest BCUT2D eigenvalue weighted by atomic mass is 28.3. The van der Waals surface area contributed by atoms with Crippen molar-refractivity contribution in [2.45, 2.75) is 106 Å². The van der Waals surface area contributed by atoms with Crippen LogP contribution in [0.15, 0.2) is 0 Å². The van der Waals surface area contributed by atoms with E-state index in [9.17, 15) is 9.90 Å². The van der Waals surface area contributed by atoms with Crippen molar-refractivity contribution in [2.24, 2.45) is 5.73 Å². The summed E-state index contributed by atoms with van der Waals surface area (Å²) >= 11 is 0. The van der Waals surface area contributed by atoms with Crippen LogP contribution < -0.4 is 5.73 Å². The molecule has 0 aromatic heterocycles. The molecule has 0 aliphatic carbocycles. The summed E-state index contributed by atoms with van der Waals surface area (Å²) in [6.07, 6.45) is 0. The number of ketones is 1. The Morgan fingerprint density at radius 3 is 1.55 bits per heavy atom. The third-order valence-corrected chi connectivity index (χ3v) is 2.48. The lowest BCUT2D eigenvalue weighted by atomic mass is 10.1. The number of nitriles is 2. The van der Waals surface area contributed by atoms with Gasteiger partial charge < -0.3 is 30.6 Å². The lowest BCUT2D eigenvalue weighted by Crippen LogP contribution is -2.36. The average molecular weight is 504 g/mol. The van der Waals surface area contributed by atoms with Gasteiger partial charge in [0.1, 0.15) is 28.4 Å². The summed E-state index contributed by atoms with van der Waals surface area (Å²) in [5, 5.41) is 57.2. The van der Waals surface area contributed by atoms with Crippen molar-refractivity contribution in [3.8, 4) is 11.8 Å². The number of Topliss-reactive ketones (excluding diaryl/α,β-unsaturated/α-hetero) is 1. The van der Waals surface area contributed by atoms with E-state index in [1.807, 2.05) is 19.6 Å². The molecule has 0 spiro atoms. The maximum atomic E-state index is 9.90. The van der Waals surface area contributed by atoms with Crippen molar-refractivity contribution in [3.05, 3.63) is 0 Å². The summed E-state index contributed by atoms with van der Waals surface area (Å²) in [5.41, 5.74) is 0.465.